The summed E-state index contributed by atoms with van der Waals surface area (Å²) in [5.41, 5.74) is 3.23. The molecule has 34 heavy (non-hydrogen) atoms. The number of aryl methyl sites for hydroxylation is 1. The quantitative estimate of drug-likeness (QED) is 0.504. The van der Waals surface area contributed by atoms with Gasteiger partial charge >= 0.3 is 0 Å². The van der Waals surface area contributed by atoms with E-state index in [4.69, 9.17) is 0 Å². The second-order valence-corrected chi connectivity index (χ2v) is 10.5. The van der Waals surface area contributed by atoms with Gasteiger partial charge in [0.15, 0.2) is 5.65 Å². The highest BCUT2D eigenvalue weighted by molar-refractivity contribution is 5.79. The van der Waals surface area contributed by atoms with E-state index in [1.807, 2.05) is 26.0 Å². The highest BCUT2D eigenvalue weighted by Gasteiger charge is 2.35. The van der Waals surface area contributed by atoms with Gasteiger partial charge in [-0.05, 0) is 88.6 Å². The molecule has 2 N–H and O–H groups in total. The minimum Gasteiger partial charge on any atom is -0.389 e. The Labute approximate surface area is 202 Å². The van der Waals surface area contributed by atoms with Crippen molar-refractivity contribution in [3.8, 4) is 5.69 Å². The zero-order chi connectivity index (χ0) is 24.5. The van der Waals surface area contributed by atoms with Crippen LogP contribution in [0.5, 0.6) is 0 Å². The summed E-state index contributed by atoms with van der Waals surface area (Å²) < 4.78 is 2.06. The number of nitrogens with zero attached hydrogens (tertiary/aromatic N) is 3. The lowest BCUT2D eigenvalue weighted by Crippen LogP contribution is -2.38. The smallest absolute Gasteiger partial charge is 0.165 e. The number of benzene rings is 1. The van der Waals surface area contributed by atoms with Crippen molar-refractivity contribution in [1.29, 1.82) is 0 Å². The monoisotopic (exact) mass is 463 g/mol. The minimum absolute atomic E-state index is 0.183. The molecule has 182 valence electrons. The minimum atomic E-state index is -0.967. The molecule has 0 radical (unpaired) electrons. The number of aromatic nitrogens is 3. The van der Waals surface area contributed by atoms with Crippen molar-refractivity contribution in [2.45, 2.75) is 96.2 Å². The van der Waals surface area contributed by atoms with Crippen LogP contribution in [0.15, 0.2) is 36.4 Å². The predicted molar refractivity (Wildman–Crippen MR) is 134 cm³/mol. The van der Waals surface area contributed by atoms with Gasteiger partial charge in [-0.25, -0.2) is 9.97 Å². The van der Waals surface area contributed by atoms with Crippen LogP contribution in [0.25, 0.3) is 16.9 Å². The molecule has 5 rings (SSSR count). The normalized spacial score (nSPS) is 17.5. The molecular formula is C28H37N3O3. The van der Waals surface area contributed by atoms with Gasteiger partial charge < -0.3 is 10.2 Å². The molecule has 0 unspecified atom stereocenters. The number of hydrogen-bond acceptors (Lipinski definition) is 5. The Kier molecular flexibility index (Phi) is 6.92. The van der Waals surface area contributed by atoms with E-state index >= 15 is 0 Å². The highest BCUT2D eigenvalue weighted by atomic mass is 16.3. The number of carbonyl (C=O) groups excluding carboxylic acids is 1. The molecule has 0 bridgehead atoms. The fraction of sp³-hybridized carbons (Fsp3) is 0.536. The van der Waals surface area contributed by atoms with E-state index in [2.05, 4.69) is 38.8 Å². The van der Waals surface area contributed by atoms with Gasteiger partial charge in [0.1, 0.15) is 22.7 Å². The molecule has 2 aliphatic carbocycles. The summed E-state index contributed by atoms with van der Waals surface area (Å²) in [6.07, 6.45) is 7.61. The maximum absolute atomic E-state index is 10.9. The fourth-order valence-corrected chi connectivity index (χ4v) is 4.61. The van der Waals surface area contributed by atoms with Crippen LogP contribution in [0, 0.1) is 6.92 Å². The molecule has 0 saturated heterocycles. The second kappa shape index (κ2) is 9.59. The molecule has 6 nitrogen and oxygen atoms in total. The highest BCUT2D eigenvalue weighted by Crippen LogP contribution is 2.37. The van der Waals surface area contributed by atoms with E-state index in [0.717, 1.165) is 47.9 Å². The lowest BCUT2D eigenvalue weighted by molar-refractivity contribution is -0.127. The Bertz CT molecular complexity index is 1150. The molecule has 2 heterocycles. The first kappa shape index (κ1) is 24.6. The average molecular weight is 464 g/mol. The van der Waals surface area contributed by atoms with E-state index in [9.17, 15) is 15.0 Å². The van der Waals surface area contributed by atoms with E-state index in [1.165, 1.54) is 24.8 Å². The Hall–Kier alpha value is -2.57. The number of pyridine rings is 1. The van der Waals surface area contributed by atoms with E-state index in [0.29, 0.717) is 18.5 Å². The molecule has 3 aromatic rings. The Balaban J connectivity index is 0.000000231. The summed E-state index contributed by atoms with van der Waals surface area (Å²) in [4.78, 5) is 20.2. The summed E-state index contributed by atoms with van der Waals surface area (Å²) in [6.45, 7) is 7.33. The Morgan fingerprint density at radius 3 is 2.26 bits per heavy atom. The Morgan fingerprint density at radius 1 is 1.09 bits per heavy atom. The number of rotatable bonds is 6. The molecule has 0 aliphatic heterocycles. The van der Waals surface area contributed by atoms with Gasteiger partial charge in [-0.3, -0.25) is 9.36 Å². The van der Waals surface area contributed by atoms with Crippen LogP contribution in [0.4, 0.5) is 0 Å². The van der Waals surface area contributed by atoms with Gasteiger partial charge in [0.25, 0.3) is 0 Å². The van der Waals surface area contributed by atoms with Crippen molar-refractivity contribution in [3.05, 3.63) is 53.5 Å². The number of aliphatic hydroxyl groups is 2. The van der Waals surface area contributed by atoms with E-state index < -0.39 is 11.2 Å². The van der Waals surface area contributed by atoms with Crippen LogP contribution in [-0.2, 0) is 10.4 Å². The maximum atomic E-state index is 10.9. The lowest BCUT2D eigenvalue weighted by atomic mass is 9.76. The van der Waals surface area contributed by atoms with Crippen molar-refractivity contribution in [1.82, 2.24) is 14.5 Å². The molecule has 0 amide bonds. The number of fused-ring (bicyclic) bond motifs is 1. The van der Waals surface area contributed by atoms with Crippen molar-refractivity contribution in [3.63, 3.8) is 0 Å². The lowest BCUT2D eigenvalue weighted by Gasteiger charge is -2.35. The average Bonchev–Trinajstić information content (AvgIpc) is 3.06. The predicted octanol–water partition coefficient (Wildman–Crippen LogP) is 5.49. The van der Waals surface area contributed by atoms with E-state index in [-0.39, 0.29) is 5.78 Å². The first-order valence-corrected chi connectivity index (χ1v) is 12.5. The molecule has 0 atom stereocenters. The fourth-order valence-electron chi connectivity index (χ4n) is 4.61. The molecule has 0 spiro atoms. The number of Topliss-reactive ketones (excluding diaryl/α,β-unsaturated/α-hetero) is 1. The standard InChI is InChI=1S/C20H23N3O.C8H14O2/c1-13-21-17-11-12-18(20(2,3)24)22-19(17)23(13)16-9-7-15(8-10-16)14-5-4-6-14;1-2-7(9)6-8(10)4-3-5-8/h7-12,14,24H,4-6H2,1-3H3;10H,2-6H2,1H3. The Morgan fingerprint density at radius 2 is 1.76 bits per heavy atom. The van der Waals surface area contributed by atoms with Gasteiger partial charge in [0.2, 0.25) is 0 Å². The zero-order valence-electron chi connectivity index (χ0n) is 20.8. The zero-order valence-corrected chi connectivity index (χ0v) is 20.8. The van der Waals surface area contributed by atoms with Crippen LogP contribution in [-0.4, -0.2) is 36.1 Å². The van der Waals surface area contributed by atoms with E-state index in [1.54, 1.807) is 13.8 Å². The van der Waals surface area contributed by atoms with Crippen LogP contribution in [0.3, 0.4) is 0 Å². The first-order valence-electron chi connectivity index (χ1n) is 12.5. The van der Waals surface area contributed by atoms with Crippen molar-refractivity contribution in [2.75, 3.05) is 0 Å². The van der Waals surface area contributed by atoms with Crippen LogP contribution in [0.1, 0.15) is 95.1 Å². The largest absolute Gasteiger partial charge is 0.389 e. The SMILES string of the molecule is CCC(=O)CC1(O)CCC1.Cc1nc2ccc(C(C)(C)O)nc2n1-c1ccc(C2CCC2)cc1. The van der Waals surface area contributed by atoms with Gasteiger partial charge in [-0.15, -0.1) is 0 Å². The number of imidazole rings is 1. The van der Waals surface area contributed by atoms with Crippen LogP contribution >= 0.6 is 0 Å². The summed E-state index contributed by atoms with van der Waals surface area (Å²) in [5, 5.41) is 19.7. The molecule has 2 aliphatic rings. The topological polar surface area (TPSA) is 88.2 Å². The van der Waals surface area contributed by atoms with Crippen molar-refractivity contribution >= 4 is 16.9 Å². The maximum Gasteiger partial charge on any atom is 0.165 e. The number of hydrogen-bond donors (Lipinski definition) is 2. The third-order valence-corrected chi connectivity index (χ3v) is 7.23. The van der Waals surface area contributed by atoms with Crippen molar-refractivity contribution in [2.24, 2.45) is 0 Å². The molecule has 6 heteroatoms. The van der Waals surface area contributed by atoms with Crippen LogP contribution in [0.2, 0.25) is 0 Å². The van der Waals surface area contributed by atoms with Crippen LogP contribution < -0.4 is 0 Å². The van der Waals surface area contributed by atoms with Gasteiger partial charge in [-0.1, -0.05) is 25.5 Å². The molecular weight excluding hydrogens is 426 g/mol. The summed E-state index contributed by atoms with van der Waals surface area (Å²) in [7, 11) is 0. The number of carbonyl (C=O) groups is 1. The third kappa shape index (κ3) is 5.23. The van der Waals surface area contributed by atoms with Gasteiger partial charge in [-0.2, -0.15) is 0 Å². The summed E-state index contributed by atoms with van der Waals surface area (Å²) in [5.74, 6) is 1.82. The third-order valence-electron chi connectivity index (χ3n) is 7.23. The molecule has 2 aromatic heterocycles. The van der Waals surface area contributed by atoms with Gasteiger partial charge in [0, 0.05) is 18.5 Å². The summed E-state index contributed by atoms with van der Waals surface area (Å²) in [6, 6.07) is 12.5. The molecule has 2 fully saturated rings. The first-order chi connectivity index (χ1) is 16.1. The molecule has 2 saturated carbocycles. The second-order valence-electron chi connectivity index (χ2n) is 10.5. The number of ketones is 1. The van der Waals surface area contributed by atoms with Crippen molar-refractivity contribution < 1.29 is 15.0 Å². The molecule has 1 aromatic carbocycles. The summed E-state index contributed by atoms with van der Waals surface area (Å²) >= 11 is 0. The van der Waals surface area contributed by atoms with Gasteiger partial charge in [0.05, 0.1) is 11.3 Å².